The number of esters is 1. The van der Waals surface area contributed by atoms with E-state index in [0.717, 1.165) is 24.8 Å². The maximum Gasteiger partial charge on any atom is 0.328 e. The molecule has 1 saturated carbocycles. The fourth-order valence-corrected chi connectivity index (χ4v) is 2.28. The van der Waals surface area contributed by atoms with Gasteiger partial charge in [-0.15, -0.1) is 0 Å². The van der Waals surface area contributed by atoms with Gasteiger partial charge in [0.15, 0.2) is 0 Å². The number of carbonyl (C=O) groups excluding carboxylic acids is 1. The second-order valence-corrected chi connectivity index (χ2v) is 6.72. The van der Waals surface area contributed by atoms with E-state index in [1.165, 1.54) is 0 Å². The van der Waals surface area contributed by atoms with Crippen molar-refractivity contribution in [2.75, 3.05) is 0 Å². The minimum Gasteiger partial charge on any atom is -0.459 e. The molecule has 1 atom stereocenters. The smallest absolute Gasteiger partial charge is 0.328 e. The highest BCUT2D eigenvalue weighted by atomic mass is 16.6. The van der Waals surface area contributed by atoms with Crippen LogP contribution in [-0.4, -0.2) is 26.9 Å². The zero-order valence-corrected chi connectivity index (χ0v) is 12.8. The van der Waals surface area contributed by atoms with Crippen molar-refractivity contribution in [2.45, 2.75) is 64.6 Å². The maximum absolute atomic E-state index is 12.5. The molecule has 1 aromatic heterocycles. The van der Waals surface area contributed by atoms with Gasteiger partial charge in [0.05, 0.1) is 12.7 Å². The molecular weight excluding hydrogens is 254 g/mol. The van der Waals surface area contributed by atoms with Crippen molar-refractivity contribution < 1.29 is 9.53 Å². The summed E-state index contributed by atoms with van der Waals surface area (Å²) < 4.78 is 7.27. The van der Waals surface area contributed by atoms with Gasteiger partial charge >= 0.3 is 5.97 Å². The summed E-state index contributed by atoms with van der Waals surface area (Å²) in [6.45, 7) is 8.04. The van der Waals surface area contributed by atoms with E-state index in [-0.39, 0.29) is 11.9 Å². The first-order valence-corrected chi connectivity index (χ1v) is 7.28. The molecule has 1 fully saturated rings. The molecule has 112 valence electrons. The lowest BCUT2D eigenvalue weighted by Gasteiger charge is -2.31. The van der Waals surface area contributed by atoms with Crippen LogP contribution in [0.1, 0.15) is 46.1 Å². The summed E-state index contributed by atoms with van der Waals surface area (Å²) in [7, 11) is 0. The molecule has 5 heteroatoms. The molecule has 0 amide bonds. The Kier molecular flexibility index (Phi) is 3.91. The summed E-state index contributed by atoms with van der Waals surface area (Å²) in [5, 5.41) is 4.29. The third-order valence-electron chi connectivity index (χ3n) is 3.60. The number of nitrogens with zero attached hydrogens (tertiary/aromatic N) is 2. The Labute approximate surface area is 120 Å². The van der Waals surface area contributed by atoms with Gasteiger partial charge in [-0.25, -0.2) is 4.79 Å². The van der Waals surface area contributed by atoms with E-state index in [1.54, 1.807) is 4.68 Å². The first-order chi connectivity index (χ1) is 9.24. The molecule has 1 aromatic rings. The van der Waals surface area contributed by atoms with Crippen LogP contribution in [0.25, 0.3) is 0 Å². The van der Waals surface area contributed by atoms with Gasteiger partial charge in [0, 0.05) is 6.20 Å². The summed E-state index contributed by atoms with van der Waals surface area (Å²) in [4.78, 5) is 12.5. The summed E-state index contributed by atoms with van der Waals surface area (Å²) in [6, 6.07) is 0. The molecule has 20 heavy (non-hydrogen) atoms. The van der Waals surface area contributed by atoms with Crippen LogP contribution < -0.4 is 5.73 Å². The number of hydrogen-bond donors (Lipinski definition) is 1. The minimum atomic E-state index is -0.968. The number of aromatic nitrogens is 2. The summed E-state index contributed by atoms with van der Waals surface area (Å²) >= 11 is 0. The molecular formula is C15H25N3O2. The minimum absolute atomic E-state index is 0.201. The number of ether oxygens (including phenoxy) is 1. The molecule has 1 aliphatic carbocycles. The van der Waals surface area contributed by atoms with Gasteiger partial charge in [-0.05, 0) is 51.5 Å². The van der Waals surface area contributed by atoms with Crippen LogP contribution in [0.3, 0.4) is 0 Å². The topological polar surface area (TPSA) is 70.1 Å². The van der Waals surface area contributed by atoms with Gasteiger partial charge in [-0.3, -0.25) is 4.68 Å². The van der Waals surface area contributed by atoms with E-state index in [9.17, 15) is 4.79 Å². The Morgan fingerprint density at radius 2 is 2.15 bits per heavy atom. The average Bonchev–Trinajstić information content (AvgIpc) is 3.09. The van der Waals surface area contributed by atoms with E-state index >= 15 is 0 Å². The van der Waals surface area contributed by atoms with Crippen molar-refractivity contribution in [2.24, 2.45) is 11.7 Å². The summed E-state index contributed by atoms with van der Waals surface area (Å²) in [6.07, 6.45) is 6.67. The first-order valence-electron chi connectivity index (χ1n) is 7.28. The van der Waals surface area contributed by atoms with Crippen LogP contribution in [-0.2, 0) is 22.5 Å². The highest BCUT2D eigenvalue weighted by Crippen LogP contribution is 2.40. The monoisotopic (exact) mass is 279 g/mol. The van der Waals surface area contributed by atoms with Crippen molar-refractivity contribution in [1.29, 1.82) is 0 Å². The van der Waals surface area contributed by atoms with E-state index in [0.29, 0.717) is 6.54 Å². The standard InChI is InChI=1S/C15H25N3O2/c1-5-11-8-17-18(9-11)10-15(16,12-6-7-12)13(19)20-14(2,3)4/h8-9,12H,5-7,10,16H2,1-4H3. The summed E-state index contributed by atoms with van der Waals surface area (Å²) in [5.74, 6) is -0.118. The third-order valence-corrected chi connectivity index (χ3v) is 3.60. The Morgan fingerprint density at radius 3 is 2.60 bits per heavy atom. The second kappa shape index (κ2) is 5.20. The van der Waals surface area contributed by atoms with E-state index in [1.807, 2.05) is 33.2 Å². The predicted octanol–water partition coefficient (Wildman–Crippen LogP) is 1.89. The third kappa shape index (κ3) is 3.39. The Hall–Kier alpha value is -1.36. The van der Waals surface area contributed by atoms with E-state index in [4.69, 9.17) is 10.5 Å². The van der Waals surface area contributed by atoms with Crippen LogP contribution in [0, 0.1) is 5.92 Å². The van der Waals surface area contributed by atoms with Crippen molar-refractivity contribution in [3.05, 3.63) is 18.0 Å². The molecule has 0 spiro atoms. The zero-order chi connectivity index (χ0) is 15.0. The maximum atomic E-state index is 12.5. The fourth-order valence-electron chi connectivity index (χ4n) is 2.28. The molecule has 2 rings (SSSR count). The lowest BCUT2D eigenvalue weighted by Crippen LogP contribution is -2.56. The van der Waals surface area contributed by atoms with Crippen molar-refractivity contribution >= 4 is 5.97 Å². The van der Waals surface area contributed by atoms with Gasteiger partial charge in [0.25, 0.3) is 0 Å². The van der Waals surface area contributed by atoms with E-state index in [2.05, 4.69) is 12.0 Å². The lowest BCUT2D eigenvalue weighted by atomic mass is 9.94. The van der Waals surface area contributed by atoms with Crippen molar-refractivity contribution in [1.82, 2.24) is 9.78 Å². The molecule has 5 nitrogen and oxygen atoms in total. The second-order valence-electron chi connectivity index (χ2n) is 6.72. The number of rotatable bonds is 5. The number of aryl methyl sites for hydroxylation is 1. The van der Waals surface area contributed by atoms with Crippen LogP contribution >= 0.6 is 0 Å². The molecule has 0 aromatic carbocycles. The van der Waals surface area contributed by atoms with Crippen molar-refractivity contribution in [3.63, 3.8) is 0 Å². The zero-order valence-electron chi connectivity index (χ0n) is 12.8. The normalized spacial score (nSPS) is 18.6. The molecule has 1 aliphatic rings. The Bertz CT molecular complexity index is 486. The van der Waals surface area contributed by atoms with Gasteiger partial charge in [-0.2, -0.15) is 5.10 Å². The SMILES string of the molecule is CCc1cnn(CC(N)(C(=O)OC(C)(C)C)C2CC2)c1. The first kappa shape index (κ1) is 15.0. The molecule has 1 unspecified atom stereocenters. The van der Waals surface area contributed by atoms with Gasteiger partial charge in [0.1, 0.15) is 11.1 Å². The molecule has 0 radical (unpaired) electrons. The van der Waals surface area contributed by atoms with Gasteiger partial charge in [0.2, 0.25) is 0 Å². The predicted molar refractivity (Wildman–Crippen MR) is 77.1 cm³/mol. The van der Waals surface area contributed by atoms with Gasteiger partial charge in [-0.1, -0.05) is 6.92 Å². The van der Waals surface area contributed by atoms with E-state index < -0.39 is 11.1 Å². The Morgan fingerprint density at radius 1 is 1.50 bits per heavy atom. The number of carbonyl (C=O) groups is 1. The van der Waals surface area contributed by atoms with Crippen LogP contribution in [0.15, 0.2) is 12.4 Å². The quantitative estimate of drug-likeness (QED) is 0.836. The summed E-state index contributed by atoms with van der Waals surface area (Å²) in [5.41, 5.74) is 6.06. The number of nitrogens with two attached hydrogens (primary N) is 1. The molecule has 0 aliphatic heterocycles. The molecule has 1 heterocycles. The van der Waals surface area contributed by atoms with Crippen LogP contribution in [0.2, 0.25) is 0 Å². The molecule has 0 bridgehead atoms. The Balaban J connectivity index is 2.14. The average molecular weight is 279 g/mol. The highest BCUT2D eigenvalue weighted by Gasteiger charge is 2.50. The largest absolute Gasteiger partial charge is 0.459 e. The van der Waals surface area contributed by atoms with Crippen LogP contribution in [0.4, 0.5) is 0 Å². The lowest BCUT2D eigenvalue weighted by molar-refractivity contribution is -0.163. The number of hydrogen-bond acceptors (Lipinski definition) is 4. The molecule has 0 saturated heterocycles. The molecule has 2 N–H and O–H groups in total. The van der Waals surface area contributed by atoms with Crippen LogP contribution in [0.5, 0.6) is 0 Å². The van der Waals surface area contributed by atoms with Gasteiger partial charge < -0.3 is 10.5 Å². The fraction of sp³-hybridized carbons (Fsp3) is 0.733. The highest BCUT2D eigenvalue weighted by molar-refractivity contribution is 5.81. The van der Waals surface area contributed by atoms with Crippen molar-refractivity contribution in [3.8, 4) is 0 Å².